The van der Waals surface area contributed by atoms with Gasteiger partial charge in [0.15, 0.2) is 0 Å². The minimum Gasteiger partial charge on any atom is -0.478 e. The van der Waals surface area contributed by atoms with E-state index in [1.165, 1.54) is 0 Å². The van der Waals surface area contributed by atoms with E-state index >= 15 is 0 Å². The number of carboxylic acids is 1. The summed E-state index contributed by atoms with van der Waals surface area (Å²) < 4.78 is 0. The normalized spacial score (nSPS) is 18.0. The van der Waals surface area contributed by atoms with Crippen LogP contribution < -0.4 is 5.32 Å². The van der Waals surface area contributed by atoms with E-state index in [0.29, 0.717) is 12.0 Å². The summed E-state index contributed by atoms with van der Waals surface area (Å²) in [6.45, 7) is 8.79. The van der Waals surface area contributed by atoms with E-state index < -0.39 is 5.97 Å². The second kappa shape index (κ2) is 11.1. The first-order valence-corrected chi connectivity index (χ1v) is 7.34. The lowest BCUT2D eigenvalue weighted by molar-refractivity contribution is -0.132. The van der Waals surface area contributed by atoms with Gasteiger partial charge in [0.1, 0.15) is 0 Å². The lowest BCUT2D eigenvalue weighted by Gasteiger charge is -2.08. The lowest BCUT2D eigenvalue weighted by Crippen LogP contribution is -2.27. The molecule has 0 aromatic heterocycles. The first-order chi connectivity index (χ1) is 9.88. The first-order valence-electron chi connectivity index (χ1n) is 7.34. The number of rotatable bonds is 6. The maximum absolute atomic E-state index is 11.1. The topological polar surface area (TPSA) is 69.6 Å². The van der Waals surface area contributed by atoms with Gasteiger partial charge in [0.2, 0.25) is 5.91 Å². The number of nitrogens with one attached hydrogen (secondary N) is 1. The van der Waals surface area contributed by atoms with Gasteiger partial charge < -0.3 is 15.3 Å². The van der Waals surface area contributed by atoms with Crippen molar-refractivity contribution in [3.63, 3.8) is 0 Å². The van der Waals surface area contributed by atoms with Crippen molar-refractivity contribution in [3.8, 4) is 0 Å². The second-order valence-corrected chi connectivity index (χ2v) is 5.44. The first kappa shape index (κ1) is 19.4. The van der Waals surface area contributed by atoms with E-state index in [-0.39, 0.29) is 11.8 Å². The van der Waals surface area contributed by atoms with E-state index in [1.54, 1.807) is 6.08 Å². The van der Waals surface area contributed by atoms with Crippen molar-refractivity contribution in [2.45, 2.75) is 32.1 Å². The van der Waals surface area contributed by atoms with Gasteiger partial charge in [0.25, 0.3) is 0 Å². The Morgan fingerprint density at radius 3 is 2.67 bits per heavy atom. The maximum atomic E-state index is 11.1. The summed E-state index contributed by atoms with van der Waals surface area (Å²) in [7, 11) is 3.92. The summed E-state index contributed by atoms with van der Waals surface area (Å²) in [5.74, 6) is -0.682. The molecule has 0 radical (unpaired) electrons. The molecule has 1 fully saturated rings. The Balaban J connectivity index is 0.000000382. The fourth-order valence-corrected chi connectivity index (χ4v) is 1.90. The smallest absolute Gasteiger partial charge is 0.330 e. The molecule has 1 rings (SSSR count). The van der Waals surface area contributed by atoms with Crippen molar-refractivity contribution in [1.29, 1.82) is 0 Å². The monoisotopic (exact) mass is 296 g/mol. The average molecular weight is 296 g/mol. The predicted octanol–water partition coefficient (Wildman–Crippen LogP) is 2.06. The number of carbonyl (C=O) groups is 2. The molecule has 2 N–H and O–H groups in total. The van der Waals surface area contributed by atoms with E-state index in [1.807, 2.05) is 19.0 Å². The van der Waals surface area contributed by atoms with Crippen LogP contribution in [0, 0.1) is 5.92 Å². The van der Waals surface area contributed by atoms with Crippen molar-refractivity contribution in [2.75, 3.05) is 27.2 Å². The van der Waals surface area contributed by atoms with Crippen LogP contribution in [0.3, 0.4) is 0 Å². The molecule has 0 aliphatic carbocycles. The molecule has 1 amide bonds. The minimum atomic E-state index is -0.885. The fourth-order valence-electron chi connectivity index (χ4n) is 1.90. The van der Waals surface area contributed by atoms with E-state index in [4.69, 9.17) is 5.11 Å². The second-order valence-electron chi connectivity index (χ2n) is 5.44. The molecular formula is C16H28N2O3. The van der Waals surface area contributed by atoms with Gasteiger partial charge in [-0.25, -0.2) is 4.79 Å². The molecule has 0 spiro atoms. The van der Waals surface area contributed by atoms with Crippen LogP contribution in [-0.2, 0) is 9.59 Å². The molecule has 5 heteroatoms. The molecule has 1 atom stereocenters. The van der Waals surface area contributed by atoms with Gasteiger partial charge in [-0.3, -0.25) is 4.79 Å². The van der Waals surface area contributed by atoms with Crippen LogP contribution in [0.4, 0.5) is 0 Å². The van der Waals surface area contributed by atoms with Crippen molar-refractivity contribution in [3.05, 3.63) is 24.8 Å². The third-order valence-electron chi connectivity index (χ3n) is 3.25. The summed E-state index contributed by atoms with van der Waals surface area (Å²) in [6.07, 6.45) is 6.38. The number of hydrogen-bond acceptors (Lipinski definition) is 3. The number of amides is 1. The summed E-state index contributed by atoms with van der Waals surface area (Å²) in [6, 6.07) is 0. The highest BCUT2D eigenvalue weighted by Gasteiger charge is 2.16. The molecule has 0 saturated carbocycles. The Kier molecular flexibility index (Phi) is 10.2. The largest absolute Gasteiger partial charge is 0.478 e. The molecule has 1 aliphatic heterocycles. The van der Waals surface area contributed by atoms with Gasteiger partial charge in [-0.05, 0) is 46.3 Å². The predicted molar refractivity (Wildman–Crippen MR) is 85.1 cm³/mol. The molecule has 0 bridgehead atoms. The quantitative estimate of drug-likeness (QED) is 0.581. The zero-order chi connectivity index (χ0) is 16.3. The Hall–Kier alpha value is -1.62. The van der Waals surface area contributed by atoms with Crippen LogP contribution in [0.5, 0.6) is 0 Å². The highest BCUT2D eigenvalue weighted by atomic mass is 16.4. The van der Waals surface area contributed by atoms with Crippen LogP contribution in [0.25, 0.3) is 0 Å². The van der Waals surface area contributed by atoms with Gasteiger partial charge in [-0.15, -0.1) is 6.58 Å². The number of nitrogens with zero attached hydrogens (tertiary/aromatic N) is 1. The van der Waals surface area contributed by atoms with E-state index in [9.17, 15) is 9.59 Å². The van der Waals surface area contributed by atoms with E-state index in [0.717, 1.165) is 38.8 Å². The third-order valence-corrected chi connectivity index (χ3v) is 3.25. The SMILES string of the molecule is C=C(CCCN(C)C)C(=O)O.C=CC1CCCCNC1=O. The van der Waals surface area contributed by atoms with Gasteiger partial charge in [-0.2, -0.15) is 0 Å². The molecule has 5 nitrogen and oxygen atoms in total. The number of hydrogen-bond donors (Lipinski definition) is 2. The molecule has 1 aliphatic rings. The van der Waals surface area contributed by atoms with Crippen molar-refractivity contribution < 1.29 is 14.7 Å². The summed E-state index contributed by atoms with van der Waals surface area (Å²) in [4.78, 5) is 23.3. The standard InChI is InChI=1S/C8H15NO2.C8H13NO/c1-7(8(10)11)5-4-6-9(2)3;1-2-7-5-3-4-6-9-8(7)10/h1,4-6H2,2-3H3,(H,10,11);2,7H,1,3-6H2,(H,9,10). The molecule has 21 heavy (non-hydrogen) atoms. The van der Waals surface area contributed by atoms with Crippen molar-refractivity contribution in [2.24, 2.45) is 5.92 Å². The van der Waals surface area contributed by atoms with Crippen LogP contribution >= 0.6 is 0 Å². The Morgan fingerprint density at radius 1 is 1.48 bits per heavy atom. The minimum absolute atomic E-state index is 0.0579. The highest BCUT2D eigenvalue weighted by Crippen LogP contribution is 2.12. The Bertz CT molecular complexity index is 365. The fraction of sp³-hybridized carbons (Fsp3) is 0.625. The summed E-state index contributed by atoms with van der Waals surface area (Å²) in [5, 5.41) is 11.3. The molecule has 0 aromatic carbocycles. The van der Waals surface area contributed by atoms with Gasteiger partial charge in [0.05, 0.1) is 5.92 Å². The number of carbonyl (C=O) groups excluding carboxylic acids is 1. The van der Waals surface area contributed by atoms with Gasteiger partial charge in [0, 0.05) is 12.1 Å². The van der Waals surface area contributed by atoms with Crippen molar-refractivity contribution >= 4 is 11.9 Å². The summed E-state index contributed by atoms with van der Waals surface area (Å²) >= 11 is 0. The maximum Gasteiger partial charge on any atom is 0.330 e. The zero-order valence-corrected chi connectivity index (χ0v) is 13.2. The summed E-state index contributed by atoms with van der Waals surface area (Å²) in [5.41, 5.74) is 0.298. The number of carboxylic acid groups (broad SMARTS) is 1. The molecule has 0 aromatic rings. The molecule has 1 unspecified atom stereocenters. The van der Waals surface area contributed by atoms with Gasteiger partial charge >= 0.3 is 5.97 Å². The molecule has 120 valence electrons. The average Bonchev–Trinajstić information content (AvgIpc) is 2.63. The van der Waals surface area contributed by atoms with Gasteiger partial charge in [-0.1, -0.05) is 19.1 Å². The molecule has 1 saturated heterocycles. The van der Waals surface area contributed by atoms with Crippen LogP contribution in [-0.4, -0.2) is 49.1 Å². The lowest BCUT2D eigenvalue weighted by atomic mass is 10.0. The molecular weight excluding hydrogens is 268 g/mol. The Labute approximate surface area is 127 Å². The third kappa shape index (κ3) is 9.85. The zero-order valence-electron chi connectivity index (χ0n) is 13.2. The number of aliphatic carboxylic acids is 1. The van der Waals surface area contributed by atoms with Crippen LogP contribution in [0.15, 0.2) is 24.8 Å². The van der Waals surface area contributed by atoms with Crippen LogP contribution in [0.1, 0.15) is 32.1 Å². The van der Waals surface area contributed by atoms with Crippen molar-refractivity contribution in [1.82, 2.24) is 10.2 Å². The van der Waals surface area contributed by atoms with Crippen LogP contribution in [0.2, 0.25) is 0 Å². The Morgan fingerprint density at radius 2 is 2.14 bits per heavy atom. The molecule has 1 heterocycles. The van der Waals surface area contributed by atoms with E-state index in [2.05, 4.69) is 18.5 Å². The highest BCUT2D eigenvalue weighted by molar-refractivity contribution is 5.85.